The van der Waals surface area contributed by atoms with Gasteiger partial charge in [0.15, 0.2) is 0 Å². The summed E-state index contributed by atoms with van der Waals surface area (Å²) < 4.78 is 11.4. The standard InChI is InChI=1S/C26H36N4O4/c1-20-2-7-25(15-28-20)34-19-22-14-23(26(32)27-8-9-29-10-12-33-13-11-29)18-30(17-22)16-21-3-5-24(31)6-4-21/h2-7,15,22-23,31H,8-14,16-19H2,1H3,(H,27,32)/t22-,23+/m0/s1. The molecule has 2 N–H and O–H groups in total. The van der Waals surface area contributed by atoms with E-state index < -0.39 is 0 Å². The van der Waals surface area contributed by atoms with Gasteiger partial charge in [-0.1, -0.05) is 12.1 Å². The van der Waals surface area contributed by atoms with Gasteiger partial charge in [-0.2, -0.15) is 0 Å². The molecule has 2 fully saturated rings. The lowest BCUT2D eigenvalue weighted by molar-refractivity contribution is -0.127. The minimum absolute atomic E-state index is 0.0831. The van der Waals surface area contributed by atoms with E-state index in [9.17, 15) is 9.90 Å². The van der Waals surface area contributed by atoms with Crippen molar-refractivity contribution >= 4 is 5.91 Å². The average Bonchev–Trinajstić information content (AvgIpc) is 2.85. The van der Waals surface area contributed by atoms with Gasteiger partial charge in [-0.05, 0) is 43.2 Å². The first-order valence-corrected chi connectivity index (χ1v) is 12.2. The molecule has 1 amide bonds. The van der Waals surface area contributed by atoms with Gasteiger partial charge in [0.25, 0.3) is 0 Å². The Bertz CT molecular complexity index is 900. The maximum absolute atomic E-state index is 13.1. The number of hydrogen-bond acceptors (Lipinski definition) is 7. The summed E-state index contributed by atoms with van der Waals surface area (Å²) in [6.07, 6.45) is 2.55. The Balaban J connectivity index is 1.34. The Morgan fingerprint density at radius 3 is 2.68 bits per heavy atom. The summed E-state index contributed by atoms with van der Waals surface area (Å²) in [5.74, 6) is 1.29. The molecule has 0 spiro atoms. The van der Waals surface area contributed by atoms with Gasteiger partial charge in [0.05, 0.1) is 31.9 Å². The van der Waals surface area contributed by atoms with Crippen LogP contribution in [0.5, 0.6) is 11.5 Å². The zero-order valence-corrected chi connectivity index (χ0v) is 20.0. The van der Waals surface area contributed by atoms with Crippen LogP contribution in [0.4, 0.5) is 0 Å². The third-order valence-corrected chi connectivity index (χ3v) is 6.53. The summed E-state index contributed by atoms with van der Waals surface area (Å²) in [5, 5.41) is 12.8. The predicted molar refractivity (Wildman–Crippen MR) is 130 cm³/mol. The summed E-state index contributed by atoms with van der Waals surface area (Å²) >= 11 is 0. The molecule has 0 radical (unpaired) electrons. The minimum atomic E-state index is -0.0831. The molecule has 2 aliphatic rings. The lowest BCUT2D eigenvalue weighted by atomic mass is 9.88. The molecule has 4 rings (SSSR count). The van der Waals surface area contributed by atoms with Crippen LogP contribution in [0.3, 0.4) is 0 Å². The fourth-order valence-corrected chi connectivity index (χ4v) is 4.66. The van der Waals surface area contributed by atoms with Crippen LogP contribution in [-0.2, 0) is 16.1 Å². The van der Waals surface area contributed by atoms with Crippen molar-refractivity contribution < 1.29 is 19.4 Å². The Labute approximate surface area is 201 Å². The number of nitrogens with one attached hydrogen (secondary N) is 1. The van der Waals surface area contributed by atoms with Crippen molar-refractivity contribution in [3.05, 3.63) is 53.9 Å². The maximum atomic E-state index is 13.1. The van der Waals surface area contributed by atoms with Crippen LogP contribution in [0.25, 0.3) is 0 Å². The Morgan fingerprint density at radius 1 is 1.15 bits per heavy atom. The molecule has 8 heteroatoms. The highest BCUT2D eigenvalue weighted by atomic mass is 16.5. The number of aromatic hydroxyl groups is 1. The Kier molecular flexibility index (Phi) is 8.73. The van der Waals surface area contributed by atoms with Crippen LogP contribution < -0.4 is 10.1 Å². The van der Waals surface area contributed by atoms with Crippen LogP contribution in [-0.4, -0.2) is 84.9 Å². The number of amides is 1. The van der Waals surface area contributed by atoms with Crippen molar-refractivity contribution in [2.45, 2.75) is 19.9 Å². The summed E-state index contributed by atoms with van der Waals surface area (Å²) in [4.78, 5) is 22.0. The van der Waals surface area contributed by atoms with Crippen LogP contribution in [0.2, 0.25) is 0 Å². The number of nitrogens with zero attached hydrogens (tertiary/aromatic N) is 3. The first-order valence-electron chi connectivity index (χ1n) is 12.2. The molecule has 3 heterocycles. The Hall–Kier alpha value is -2.68. The van der Waals surface area contributed by atoms with Crippen LogP contribution in [0, 0.1) is 18.8 Å². The third-order valence-electron chi connectivity index (χ3n) is 6.53. The largest absolute Gasteiger partial charge is 0.508 e. The first-order chi connectivity index (χ1) is 16.5. The number of carbonyl (C=O) groups excluding carboxylic acids is 1. The van der Waals surface area contributed by atoms with Crippen molar-refractivity contribution in [3.63, 3.8) is 0 Å². The number of benzene rings is 1. The van der Waals surface area contributed by atoms with Gasteiger partial charge >= 0.3 is 0 Å². The molecule has 2 aliphatic heterocycles. The van der Waals surface area contributed by atoms with E-state index in [0.29, 0.717) is 19.7 Å². The number of piperidine rings is 1. The van der Waals surface area contributed by atoms with Crippen molar-refractivity contribution in [1.29, 1.82) is 0 Å². The second-order valence-corrected chi connectivity index (χ2v) is 9.35. The fraction of sp³-hybridized carbons (Fsp3) is 0.538. The highest BCUT2D eigenvalue weighted by Crippen LogP contribution is 2.25. The van der Waals surface area contributed by atoms with E-state index in [1.165, 1.54) is 0 Å². The SMILES string of the molecule is Cc1ccc(OC[C@H]2C[C@@H](C(=O)NCCN3CCOCC3)CN(Cc3ccc(O)cc3)C2)cn1. The molecular formula is C26H36N4O4. The lowest BCUT2D eigenvalue weighted by Crippen LogP contribution is -2.48. The van der Waals surface area contributed by atoms with Gasteiger partial charge < -0.3 is 19.9 Å². The first kappa shape index (κ1) is 24.4. The second-order valence-electron chi connectivity index (χ2n) is 9.35. The minimum Gasteiger partial charge on any atom is -0.508 e. The van der Waals surface area contributed by atoms with Crippen LogP contribution >= 0.6 is 0 Å². The number of carbonyl (C=O) groups is 1. The van der Waals surface area contributed by atoms with Gasteiger partial charge in [0.1, 0.15) is 11.5 Å². The molecule has 184 valence electrons. The number of pyridine rings is 1. The van der Waals surface area contributed by atoms with E-state index in [1.54, 1.807) is 18.3 Å². The van der Waals surface area contributed by atoms with Crippen LogP contribution in [0.1, 0.15) is 17.7 Å². The maximum Gasteiger partial charge on any atom is 0.224 e. The zero-order valence-electron chi connectivity index (χ0n) is 20.0. The van der Waals surface area contributed by atoms with E-state index >= 15 is 0 Å². The smallest absolute Gasteiger partial charge is 0.224 e. The average molecular weight is 469 g/mol. The molecule has 0 saturated carbocycles. The molecule has 0 bridgehead atoms. The number of hydrogen-bond donors (Lipinski definition) is 2. The molecule has 2 saturated heterocycles. The monoisotopic (exact) mass is 468 g/mol. The van der Waals surface area contributed by atoms with Gasteiger partial charge in [-0.3, -0.25) is 19.6 Å². The third kappa shape index (κ3) is 7.41. The van der Waals surface area contributed by atoms with Gasteiger partial charge in [0.2, 0.25) is 5.91 Å². The number of aromatic nitrogens is 1. The van der Waals surface area contributed by atoms with Gasteiger partial charge in [-0.25, -0.2) is 0 Å². The topological polar surface area (TPSA) is 87.2 Å². The number of phenols is 1. The number of rotatable bonds is 9. The Morgan fingerprint density at radius 2 is 1.94 bits per heavy atom. The molecule has 8 nitrogen and oxygen atoms in total. The highest BCUT2D eigenvalue weighted by Gasteiger charge is 2.32. The molecule has 1 aromatic heterocycles. The summed E-state index contributed by atoms with van der Waals surface area (Å²) in [5.41, 5.74) is 2.08. The molecule has 34 heavy (non-hydrogen) atoms. The normalized spacial score (nSPS) is 21.8. The van der Waals surface area contributed by atoms with Gasteiger partial charge in [-0.15, -0.1) is 0 Å². The predicted octanol–water partition coefficient (Wildman–Crippen LogP) is 2.06. The highest BCUT2D eigenvalue weighted by molar-refractivity contribution is 5.79. The van der Waals surface area contributed by atoms with Crippen molar-refractivity contribution in [2.75, 3.05) is 59.1 Å². The molecule has 1 aromatic carbocycles. The quantitative estimate of drug-likeness (QED) is 0.583. The van der Waals surface area contributed by atoms with Crippen molar-refractivity contribution in [1.82, 2.24) is 20.1 Å². The van der Waals surface area contributed by atoms with Crippen molar-refractivity contribution in [2.24, 2.45) is 11.8 Å². The zero-order chi connectivity index (χ0) is 23.8. The molecule has 2 aromatic rings. The van der Waals surface area contributed by atoms with E-state index in [-0.39, 0.29) is 23.5 Å². The van der Waals surface area contributed by atoms with E-state index in [0.717, 1.165) is 69.4 Å². The molecule has 0 aliphatic carbocycles. The molecule has 2 atom stereocenters. The number of ether oxygens (including phenoxy) is 2. The van der Waals surface area contributed by atoms with Gasteiger partial charge in [0, 0.05) is 57.4 Å². The number of likely N-dealkylation sites (tertiary alicyclic amines) is 1. The van der Waals surface area contributed by atoms with Crippen molar-refractivity contribution in [3.8, 4) is 11.5 Å². The van der Waals surface area contributed by atoms with E-state index in [1.807, 2.05) is 31.2 Å². The van der Waals surface area contributed by atoms with E-state index in [2.05, 4.69) is 20.1 Å². The second kappa shape index (κ2) is 12.1. The molecule has 0 unspecified atom stereocenters. The lowest BCUT2D eigenvalue weighted by Gasteiger charge is -2.37. The summed E-state index contributed by atoms with van der Waals surface area (Å²) in [6.45, 7) is 9.70. The van der Waals surface area contributed by atoms with E-state index in [4.69, 9.17) is 9.47 Å². The van der Waals surface area contributed by atoms with Crippen LogP contribution in [0.15, 0.2) is 42.6 Å². The molecular weight excluding hydrogens is 432 g/mol. The number of aryl methyl sites for hydroxylation is 1. The fourth-order valence-electron chi connectivity index (χ4n) is 4.66. The summed E-state index contributed by atoms with van der Waals surface area (Å²) in [7, 11) is 0. The summed E-state index contributed by atoms with van der Waals surface area (Å²) in [6, 6.07) is 11.2. The number of morpholine rings is 1. The number of phenolic OH excluding ortho intramolecular Hbond substituents is 1.